The molecule has 32 heavy (non-hydrogen) atoms. The molecule has 0 aliphatic heterocycles. The number of hydrogen-bond acceptors (Lipinski definition) is 8. The van der Waals surface area contributed by atoms with E-state index in [-0.39, 0.29) is 11.8 Å². The first-order valence-electron chi connectivity index (χ1n) is 10.6. The monoisotopic (exact) mass is 496 g/mol. The zero-order chi connectivity index (χ0) is 24.8. The number of carbonyl (C=O) groups excluding carboxylic acids is 2. The topological polar surface area (TPSA) is 185 Å². The highest BCUT2D eigenvalue weighted by atomic mass is 32.2. The van der Waals surface area contributed by atoms with Crippen LogP contribution >= 0.6 is 23.5 Å². The van der Waals surface area contributed by atoms with E-state index in [4.69, 9.17) is 21.7 Å². The van der Waals surface area contributed by atoms with E-state index in [1.165, 1.54) is 0 Å². The van der Waals surface area contributed by atoms with Crippen LogP contribution in [-0.2, 0) is 19.2 Å². The Kier molecular flexibility index (Phi) is 23.2. The average Bonchev–Trinajstić information content (AvgIpc) is 2.75. The minimum Gasteiger partial charge on any atom is -0.480 e. The summed E-state index contributed by atoms with van der Waals surface area (Å²) in [5.41, 5.74) is 10.4. The van der Waals surface area contributed by atoms with Crippen molar-refractivity contribution >= 4 is 47.3 Å². The minimum absolute atomic E-state index is 0.0227. The van der Waals surface area contributed by atoms with Crippen molar-refractivity contribution in [3.8, 4) is 0 Å². The maximum absolute atomic E-state index is 11.5. The van der Waals surface area contributed by atoms with E-state index in [2.05, 4.69) is 10.6 Å². The van der Waals surface area contributed by atoms with E-state index >= 15 is 0 Å². The third-order valence-corrected chi connectivity index (χ3v) is 5.45. The molecule has 0 fully saturated rings. The molecule has 10 nitrogen and oxygen atoms in total. The SMILES string of the molecule is CSCCC(=O)NCCCCC(NC(=O)CCSC)C(=O)O.NCCCCC(N)C(=O)O. The molecule has 0 bridgehead atoms. The molecule has 0 rings (SSSR count). The van der Waals surface area contributed by atoms with Gasteiger partial charge in [-0.25, -0.2) is 4.79 Å². The van der Waals surface area contributed by atoms with Crippen molar-refractivity contribution < 1.29 is 29.4 Å². The van der Waals surface area contributed by atoms with E-state index in [1.807, 2.05) is 12.5 Å². The molecule has 0 saturated heterocycles. The number of nitrogens with one attached hydrogen (secondary N) is 2. The standard InChI is InChI=1S/C14H26N2O4S2.C6H14N2O2/c1-21-9-6-12(17)15-8-4-3-5-11(14(19)20)16-13(18)7-10-22-2;7-4-2-1-3-5(8)6(9)10/h11H,3-10H2,1-2H3,(H,15,17)(H,16,18)(H,19,20);5H,1-4,7-8H2,(H,9,10). The number of hydrogen-bond donors (Lipinski definition) is 6. The summed E-state index contributed by atoms with van der Waals surface area (Å²) in [5.74, 6) is -0.671. The van der Waals surface area contributed by atoms with Gasteiger partial charge in [0.2, 0.25) is 11.8 Å². The summed E-state index contributed by atoms with van der Waals surface area (Å²) >= 11 is 3.17. The number of unbranched alkanes of at least 4 members (excludes halogenated alkanes) is 2. The molecule has 0 spiro atoms. The highest BCUT2D eigenvalue weighted by molar-refractivity contribution is 7.98. The lowest BCUT2D eigenvalue weighted by Crippen LogP contribution is -2.41. The molecule has 0 aromatic rings. The van der Waals surface area contributed by atoms with Gasteiger partial charge in [-0.2, -0.15) is 23.5 Å². The van der Waals surface area contributed by atoms with Crippen LogP contribution in [0.5, 0.6) is 0 Å². The molecular formula is C20H40N4O6S2. The molecule has 12 heteroatoms. The third-order valence-electron chi connectivity index (χ3n) is 4.23. The van der Waals surface area contributed by atoms with Crippen LogP contribution in [0.2, 0.25) is 0 Å². The summed E-state index contributed by atoms with van der Waals surface area (Å²) < 4.78 is 0. The van der Waals surface area contributed by atoms with E-state index < -0.39 is 24.0 Å². The molecule has 0 aromatic carbocycles. The van der Waals surface area contributed by atoms with Gasteiger partial charge < -0.3 is 32.3 Å². The first-order chi connectivity index (χ1) is 15.2. The van der Waals surface area contributed by atoms with Gasteiger partial charge in [0.15, 0.2) is 0 Å². The lowest BCUT2D eigenvalue weighted by Gasteiger charge is -2.14. The Morgan fingerprint density at radius 1 is 0.844 bits per heavy atom. The molecule has 0 saturated carbocycles. The molecule has 2 atom stereocenters. The van der Waals surface area contributed by atoms with Gasteiger partial charge in [-0.15, -0.1) is 0 Å². The van der Waals surface area contributed by atoms with E-state index in [1.54, 1.807) is 23.5 Å². The van der Waals surface area contributed by atoms with Crippen molar-refractivity contribution in [1.29, 1.82) is 0 Å². The Morgan fingerprint density at radius 2 is 1.41 bits per heavy atom. The number of nitrogens with two attached hydrogens (primary N) is 2. The van der Waals surface area contributed by atoms with Crippen LogP contribution in [0.25, 0.3) is 0 Å². The zero-order valence-electron chi connectivity index (χ0n) is 19.1. The van der Waals surface area contributed by atoms with Crippen molar-refractivity contribution in [1.82, 2.24) is 10.6 Å². The summed E-state index contributed by atoms with van der Waals surface area (Å²) in [6.07, 6.45) is 8.57. The summed E-state index contributed by atoms with van der Waals surface area (Å²) in [6, 6.07) is -1.56. The maximum atomic E-state index is 11.5. The van der Waals surface area contributed by atoms with Crippen LogP contribution in [0.4, 0.5) is 0 Å². The van der Waals surface area contributed by atoms with Crippen molar-refractivity contribution in [2.45, 2.75) is 63.5 Å². The molecular weight excluding hydrogens is 456 g/mol. The fraction of sp³-hybridized carbons (Fsp3) is 0.800. The van der Waals surface area contributed by atoms with Gasteiger partial charge in [-0.1, -0.05) is 6.42 Å². The third kappa shape index (κ3) is 21.7. The van der Waals surface area contributed by atoms with Gasteiger partial charge in [0.1, 0.15) is 12.1 Å². The summed E-state index contributed by atoms with van der Waals surface area (Å²) in [5, 5.41) is 22.8. The number of carboxylic acid groups (broad SMARTS) is 2. The molecule has 2 amide bonds. The second kappa shape index (κ2) is 22.7. The molecule has 188 valence electrons. The Balaban J connectivity index is 0. The van der Waals surface area contributed by atoms with Crippen LogP contribution in [0.3, 0.4) is 0 Å². The average molecular weight is 497 g/mol. The van der Waals surface area contributed by atoms with Crippen molar-refractivity contribution in [2.75, 3.05) is 37.1 Å². The van der Waals surface area contributed by atoms with Crippen LogP contribution in [0.1, 0.15) is 51.4 Å². The predicted molar refractivity (Wildman–Crippen MR) is 131 cm³/mol. The highest BCUT2D eigenvalue weighted by Gasteiger charge is 2.19. The Hall–Kier alpha value is -1.50. The molecule has 0 aliphatic rings. The molecule has 8 N–H and O–H groups in total. The summed E-state index contributed by atoms with van der Waals surface area (Å²) in [4.78, 5) is 44.2. The highest BCUT2D eigenvalue weighted by Crippen LogP contribution is 2.03. The Labute approximate surface area is 199 Å². The molecule has 0 heterocycles. The molecule has 0 radical (unpaired) electrons. The quantitative estimate of drug-likeness (QED) is 0.149. The van der Waals surface area contributed by atoms with Crippen LogP contribution in [-0.4, -0.2) is 83.2 Å². The van der Waals surface area contributed by atoms with Gasteiger partial charge in [0, 0.05) is 30.9 Å². The minimum atomic E-state index is -1.01. The number of carboxylic acids is 2. The zero-order valence-corrected chi connectivity index (χ0v) is 20.8. The number of aliphatic carboxylic acids is 2. The molecule has 0 aliphatic carbocycles. The summed E-state index contributed by atoms with van der Waals surface area (Å²) in [7, 11) is 0. The van der Waals surface area contributed by atoms with Gasteiger partial charge in [0.25, 0.3) is 0 Å². The molecule has 0 aromatic heterocycles. The number of thioether (sulfide) groups is 2. The van der Waals surface area contributed by atoms with Gasteiger partial charge in [-0.05, 0) is 51.2 Å². The second-order valence-corrected chi connectivity index (χ2v) is 8.99. The van der Waals surface area contributed by atoms with Crippen molar-refractivity contribution in [3.05, 3.63) is 0 Å². The van der Waals surface area contributed by atoms with Crippen molar-refractivity contribution in [3.63, 3.8) is 0 Å². The molecule has 2 unspecified atom stereocenters. The predicted octanol–water partition coefficient (Wildman–Crippen LogP) is 0.876. The van der Waals surface area contributed by atoms with Crippen molar-refractivity contribution in [2.24, 2.45) is 11.5 Å². The van der Waals surface area contributed by atoms with Gasteiger partial charge in [0.05, 0.1) is 0 Å². The van der Waals surface area contributed by atoms with Crippen LogP contribution < -0.4 is 22.1 Å². The lowest BCUT2D eigenvalue weighted by atomic mass is 10.1. The number of carbonyl (C=O) groups is 4. The maximum Gasteiger partial charge on any atom is 0.326 e. The van der Waals surface area contributed by atoms with Crippen LogP contribution in [0.15, 0.2) is 0 Å². The Bertz CT molecular complexity index is 540. The van der Waals surface area contributed by atoms with Gasteiger partial charge in [-0.3, -0.25) is 14.4 Å². The number of amides is 2. The summed E-state index contributed by atoms with van der Waals surface area (Å²) in [6.45, 7) is 1.15. The fourth-order valence-corrected chi connectivity index (χ4v) is 3.11. The van der Waals surface area contributed by atoms with E-state index in [0.29, 0.717) is 57.4 Å². The first kappa shape index (κ1) is 32.7. The largest absolute Gasteiger partial charge is 0.480 e. The fourth-order valence-electron chi connectivity index (χ4n) is 2.34. The number of rotatable bonds is 18. The first-order valence-corrected chi connectivity index (χ1v) is 13.4. The smallest absolute Gasteiger partial charge is 0.326 e. The van der Waals surface area contributed by atoms with E-state index in [9.17, 15) is 19.2 Å². The second-order valence-electron chi connectivity index (χ2n) is 7.02. The Morgan fingerprint density at radius 3 is 1.91 bits per heavy atom. The lowest BCUT2D eigenvalue weighted by molar-refractivity contribution is -0.142. The van der Waals surface area contributed by atoms with Crippen LogP contribution in [0, 0.1) is 0 Å². The normalized spacial score (nSPS) is 12.1. The van der Waals surface area contributed by atoms with E-state index in [0.717, 1.165) is 18.6 Å². The van der Waals surface area contributed by atoms with Gasteiger partial charge >= 0.3 is 11.9 Å².